The number of quaternary nitrogens is 1. The zero-order chi connectivity index (χ0) is 21.4. The van der Waals surface area contributed by atoms with Crippen LogP contribution in [-0.2, 0) is 9.31 Å². The number of unbranched alkanes of at least 4 members (excludes halogenated alkanes) is 1. The standard InChI is InChI=1S/C24H30BNO3SSi/c1-2-3-15-26-16-18-28-25(26,29-19-17-26)23-14-20-30-24(23)31(27,21-10-6-4-7-11-21)22-12-8-5-9-13-22/h4-14,20,27H,2-3,15-19H2,1H3. The van der Waals surface area contributed by atoms with Crippen LogP contribution >= 0.6 is 11.3 Å². The highest BCUT2D eigenvalue weighted by atomic mass is 32.1. The summed E-state index contributed by atoms with van der Waals surface area (Å²) in [5, 5.41) is 4.11. The fourth-order valence-electron chi connectivity index (χ4n) is 5.63. The molecule has 4 nitrogen and oxygen atoms in total. The van der Waals surface area contributed by atoms with Gasteiger partial charge in [0.1, 0.15) is 0 Å². The molecule has 31 heavy (non-hydrogen) atoms. The first kappa shape index (κ1) is 21.1. The average Bonchev–Trinajstić information content (AvgIpc) is 3.52. The maximum absolute atomic E-state index is 12.6. The van der Waals surface area contributed by atoms with E-state index in [0.717, 1.165) is 70.4 Å². The summed E-state index contributed by atoms with van der Waals surface area (Å²) < 4.78 is 15.0. The van der Waals surface area contributed by atoms with Crippen LogP contribution in [0.15, 0.2) is 72.1 Å². The smallest absolute Gasteiger partial charge is 0.503 e. The van der Waals surface area contributed by atoms with Crippen LogP contribution in [0.2, 0.25) is 0 Å². The molecular weight excluding hydrogens is 421 g/mol. The quantitative estimate of drug-likeness (QED) is 0.554. The van der Waals surface area contributed by atoms with E-state index in [0.29, 0.717) is 0 Å². The van der Waals surface area contributed by atoms with Gasteiger partial charge < -0.3 is 18.5 Å². The minimum absolute atomic E-state index is 0.718. The fraction of sp³-hybridized carbons (Fsp3) is 0.333. The summed E-state index contributed by atoms with van der Waals surface area (Å²) in [4.78, 5) is 12.6. The molecule has 0 bridgehead atoms. The van der Waals surface area contributed by atoms with Crippen molar-refractivity contribution < 1.29 is 18.5 Å². The van der Waals surface area contributed by atoms with Gasteiger partial charge in [-0.3, -0.25) is 0 Å². The van der Waals surface area contributed by atoms with Crippen molar-refractivity contribution in [2.24, 2.45) is 0 Å². The largest absolute Gasteiger partial charge is 0.505 e. The molecular formula is C24H30BNO3SSi. The Labute approximate surface area is 189 Å². The van der Waals surface area contributed by atoms with Crippen molar-refractivity contribution in [2.45, 2.75) is 19.8 Å². The summed E-state index contributed by atoms with van der Waals surface area (Å²) in [5.74, 6) is 0. The van der Waals surface area contributed by atoms with Gasteiger partial charge in [0.2, 0.25) is 0 Å². The maximum Gasteiger partial charge on any atom is 0.503 e. The Bertz CT molecular complexity index is 980. The Morgan fingerprint density at radius 1 is 0.935 bits per heavy atom. The lowest BCUT2D eigenvalue weighted by Crippen LogP contribution is -2.78. The Morgan fingerprint density at radius 3 is 2.06 bits per heavy atom. The number of thiophene rings is 1. The van der Waals surface area contributed by atoms with Crippen molar-refractivity contribution in [1.29, 1.82) is 0 Å². The van der Waals surface area contributed by atoms with E-state index in [1.165, 1.54) is 0 Å². The predicted octanol–water partition coefficient (Wildman–Crippen LogP) is 1.53. The molecule has 0 atom stereocenters. The summed E-state index contributed by atoms with van der Waals surface area (Å²) in [7, 11) is -3.20. The number of benzene rings is 2. The van der Waals surface area contributed by atoms with Crippen molar-refractivity contribution in [3.05, 3.63) is 72.1 Å². The van der Waals surface area contributed by atoms with Gasteiger partial charge in [0.25, 0.3) is 8.32 Å². The van der Waals surface area contributed by atoms with E-state index < -0.39 is 15.0 Å². The normalized spacial score (nSPS) is 25.6. The minimum atomic E-state index is -3.20. The van der Waals surface area contributed by atoms with E-state index in [1.54, 1.807) is 11.3 Å². The van der Waals surface area contributed by atoms with Crippen LogP contribution in [-0.4, -0.2) is 57.0 Å². The second-order valence-corrected chi connectivity index (χ2v) is 13.2. The Kier molecular flexibility index (Phi) is 5.67. The zero-order valence-electron chi connectivity index (χ0n) is 18.1. The van der Waals surface area contributed by atoms with Gasteiger partial charge in [-0.05, 0) is 22.2 Å². The van der Waals surface area contributed by atoms with Gasteiger partial charge in [-0.15, -0.1) is 0 Å². The molecule has 0 saturated carbocycles. The molecule has 2 fully saturated rings. The van der Waals surface area contributed by atoms with Gasteiger partial charge in [0.05, 0.1) is 26.3 Å². The molecule has 0 unspecified atom stereocenters. The third-order valence-corrected chi connectivity index (χ3v) is 12.5. The Morgan fingerprint density at radius 2 is 1.52 bits per heavy atom. The third kappa shape index (κ3) is 3.18. The van der Waals surface area contributed by atoms with Crippen LogP contribution in [0, 0.1) is 0 Å². The van der Waals surface area contributed by atoms with E-state index in [2.05, 4.69) is 42.6 Å². The molecule has 162 valence electrons. The van der Waals surface area contributed by atoms with Crippen molar-refractivity contribution in [2.75, 3.05) is 32.8 Å². The number of nitrogens with zero attached hydrogens (tertiary/aromatic N) is 1. The molecule has 3 aromatic rings. The highest BCUT2D eigenvalue weighted by Crippen LogP contribution is 2.35. The van der Waals surface area contributed by atoms with E-state index in [-0.39, 0.29) is 0 Å². The SMILES string of the molecule is CCCC[N+]12CCO[B-]1(c1ccsc1[Si](O)(c1ccccc1)c1ccccc1)OCC2. The first-order chi connectivity index (χ1) is 15.2. The van der Waals surface area contributed by atoms with E-state index in [9.17, 15) is 4.80 Å². The van der Waals surface area contributed by atoms with Crippen molar-refractivity contribution >= 4 is 46.7 Å². The summed E-state index contributed by atoms with van der Waals surface area (Å²) in [6.45, 7) is 5.08. The molecule has 7 heteroatoms. The van der Waals surface area contributed by atoms with Crippen LogP contribution in [0.5, 0.6) is 0 Å². The Hall–Kier alpha value is -1.74. The van der Waals surface area contributed by atoms with Gasteiger partial charge >= 0.3 is 6.69 Å². The van der Waals surface area contributed by atoms with Crippen LogP contribution in [0.4, 0.5) is 0 Å². The molecule has 3 heterocycles. The monoisotopic (exact) mass is 451 g/mol. The summed E-state index contributed by atoms with van der Waals surface area (Å²) in [6.07, 6.45) is 2.32. The van der Waals surface area contributed by atoms with Crippen LogP contribution in [0.3, 0.4) is 0 Å². The summed E-state index contributed by atoms with van der Waals surface area (Å²) in [5.41, 5.74) is 1.10. The van der Waals surface area contributed by atoms with E-state index in [4.69, 9.17) is 9.31 Å². The number of hydrogen-bond acceptors (Lipinski definition) is 4. The van der Waals surface area contributed by atoms with Gasteiger partial charge in [-0.2, -0.15) is 11.3 Å². The lowest BCUT2D eigenvalue weighted by molar-refractivity contribution is -0.820. The Balaban J connectivity index is 1.70. The molecule has 1 N–H and O–H groups in total. The highest BCUT2D eigenvalue weighted by molar-refractivity contribution is 7.31. The molecule has 1 aromatic heterocycles. The van der Waals surface area contributed by atoms with E-state index >= 15 is 0 Å². The molecule has 0 amide bonds. The van der Waals surface area contributed by atoms with Gasteiger partial charge in [-0.25, -0.2) is 0 Å². The van der Waals surface area contributed by atoms with Crippen LogP contribution in [0.1, 0.15) is 19.8 Å². The highest BCUT2D eigenvalue weighted by Gasteiger charge is 2.61. The average molecular weight is 451 g/mol. The molecule has 0 spiro atoms. The first-order valence-electron chi connectivity index (χ1n) is 11.4. The fourth-order valence-corrected chi connectivity index (χ4v) is 10.8. The zero-order valence-corrected chi connectivity index (χ0v) is 19.9. The molecule has 0 aliphatic carbocycles. The second kappa shape index (κ2) is 8.31. The van der Waals surface area contributed by atoms with Crippen LogP contribution in [0.25, 0.3) is 0 Å². The van der Waals surface area contributed by atoms with Gasteiger partial charge in [0.15, 0.2) is 0 Å². The summed E-state index contributed by atoms with van der Waals surface area (Å²) >= 11 is 1.66. The lowest BCUT2D eigenvalue weighted by Gasteiger charge is -2.48. The van der Waals surface area contributed by atoms with Crippen molar-refractivity contribution in [3.8, 4) is 0 Å². The van der Waals surface area contributed by atoms with Gasteiger partial charge in [0, 0.05) is 11.0 Å². The molecule has 2 saturated heterocycles. The minimum Gasteiger partial charge on any atom is -0.505 e. The summed E-state index contributed by atoms with van der Waals surface area (Å²) in [6, 6.07) is 22.5. The first-order valence-corrected chi connectivity index (χ1v) is 14.2. The van der Waals surface area contributed by atoms with Gasteiger partial charge in [-0.1, -0.05) is 85.5 Å². The molecule has 0 radical (unpaired) electrons. The lowest BCUT2D eigenvalue weighted by atomic mass is 9.61. The molecule has 5 rings (SSSR count). The van der Waals surface area contributed by atoms with E-state index in [1.807, 2.05) is 36.4 Å². The molecule has 2 aliphatic heterocycles. The number of hydrogen-bond donors (Lipinski definition) is 1. The molecule has 2 aromatic carbocycles. The predicted molar refractivity (Wildman–Crippen MR) is 131 cm³/mol. The maximum atomic E-state index is 12.6. The third-order valence-electron chi connectivity index (χ3n) is 7.24. The number of rotatable bonds is 7. The van der Waals surface area contributed by atoms with Crippen molar-refractivity contribution in [3.63, 3.8) is 0 Å². The molecule has 2 aliphatic rings. The number of fused-ring (bicyclic) bond motifs is 1. The van der Waals surface area contributed by atoms with Crippen molar-refractivity contribution in [1.82, 2.24) is 0 Å². The van der Waals surface area contributed by atoms with Crippen LogP contribution < -0.4 is 20.3 Å². The topological polar surface area (TPSA) is 38.7 Å². The second-order valence-electron chi connectivity index (χ2n) is 8.80.